The molecule has 2 aromatic heterocycles. The molecule has 25 heavy (non-hydrogen) atoms. The smallest absolute Gasteiger partial charge is 0.261 e. The van der Waals surface area contributed by atoms with Gasteiger partial charge in [-0.3, -0.25) is 4.79 Å². The lowest BCUT2D eigenvalue weighted by molar-refractivity contribution is 0.102. The highest BCUT2D eigenvalue weighted by atomic mass is 35.5. The van der Waals surface area contributed by atoms with Gasteiger partial charge in [-0.2, -0.15) is 10.2 Å². The molecule has 0 aliphatic heterocycles. The largest absolute Gasteiger partial charge is 0.363 e. The minimum absolute atomic E-state index is 0.324. The van der Waals surface area contributed by atoms with Gasteiger partial charge >= 0.3 is 0 Å². The van der Waals surface area contributed by atoms with E-state index in [-0.39, 0.29) is 5.91 Å². The van der Waals surface area contributed by atoms with E-state index in [4.69, 9.17) is 16.1 Å². The van der Waals surface area contributed by atoms with Gasteiger partial charge in [0.05, 0.1) is 18.1 Å². The van der Waals surface area contributed by atoms with Crippen LogP contribution in [0.25, 0.3) is 22.0 Å². The number of aromatic nitrogens is 3. The molecular formula is C18H11ClN4O2. The Morgan fingerprint density at radius 3 is 2.68 bits per heavy atom. The van der Waals surface area contributed by atoms with Gasteiger partial charge in [0.2, 0.25) is 0 Å². The Morgan fingerprint density at radius 2 is 1.84 bits per heavy atom. The van der Waals surface area contributed by atoms with Crippen LogP contribution in [-0.4, -0.2) is 21.3 Å². The Kier molecular flexibility index (Phi) is 3.87. The molecular weight excluding hydrogens is 340 g/mol. The minimum atomic E-state index is -0.324. The van der Waals surface area contributed by atoms with E-state index >= 15 is 0 Å². The van der Waals surface area contributed by atoms with E-state index in [1.807, 2.05) is 12.1 Å². The van der Waals surface area contributed by atoms with Gasteiger partial charge in [-0.25, -0.2) is 0 Å². The molecule has 7 heteroatoms. The highest BCUT2D eigenvalue weighted by Crippen LogP contribution is 2.26. The summed E-state index contributed by atoms with van der Waals surface area (Å²) in [6.07, 6.45) is 4.58. The topological polar surface area (TPSA) is 80.9 Å². The zero-order valence-corrected chi connectivity index (χ0v) is 13.6. The van der Waals surface area contributed by atoms with Crippen LogP contribution in [0.15, 0.2) is 65.6 Å². The SMILES string of the molecule is O=C(Nc1cccc2cnncc12)c1conc1-c1ccc(Cl)cc1. The Hall–Kier alpha value is -3.25. The molecule has 4 aromatic rings. The van der Waals surface area contributed by atoms with Crippen molar-refractivity contribution < 1.29 is 9.32 Å². The Bertz CT molecular complexity index is 1050. The molecule has 6 nitrogen and oxygen atoms in total. The van der Waals surface area contributed by atoms with Crippen LogP contribution in [0.3, 0.4) is 0 Å². The van der Waals surface area contributed by atoms with Crippen molar-refractivity contribution in [2.24, 2.45) is 0 Å². The lowest BCUT2D eigenvalue weighted by Crippen LogP contribution is -2.12. The number of hydrogen-bond donors (Lipinski definition) is 1. The maximum atomic E-state index is 12.7. The number of benzene rings is 2. The minimum Gasteiger partial charge on any atom is -0.363 e. The van der Waals surface area contributed by atoms with Crippen LogP contribution in [0, 0.1) is 0 Å². The molecule has 122 valence electrons. The summed E-state index contributed by atoms with van der Waals surface area (Å²) in [7, 11) is 0. The van der Waals surface area contributed by atoms with Crippen LogP contribution in [-0.2, 0) is 0 Å². The molecule has 4 rings (SSSR count). The Morgan fingerprint density at radius 1 is 1.04 bits per heavy atom. The van der Waals surface area contributed by atoms with Gasteiger partial charge < -0.3 is 9.84 Å². The number of amides is 1. The number of halogens is 1. The second-order valence-corrected chi connectivity index (χ2v) is 5.77. The monoisotopic (exact) mass is 350 g/mol. The standard InChI is InChI=1S/C18H11ClN4O2/c19-13-6-4-11(5-7-13)17-15(10-25-23-17)18(24)22-16-3-1-2-12-8-20-21-9-14(12)16/h1-10H,(H,22,24). The van der Waals surface area contributed by atoms with Crippen molar-refractivity contribution in [2.45, 2.75) is 0 Å². The van der Waals surface area contributed by atoms with E-state index in [9.17, 15) is 4.79 Å². The third kappa shape index (κ3) is 2.95. The molecule has 1 N–H and O–H groups in total. The van der Waals surface area contributed by atoms with Crippen LogP contribution >= 0.6 is 11.6 Å². The average Bonchev–Trinajstić information content (AvgIpc) is 3.12. The molecule has 2 aromatic carbocycles. The van der Waals surface area contributed by atoms with Crippen molar-refractivity contribution >= 4 is 34.0 Å². The highest BCUT2D eigenvalue weighted by Gasteiger charge is 2.18. The van der Waals surface area contributed by atoms with Crippen LogP contribution < -0.4 is 5.32 Å². The first-order chi connectivity index (χ1) is 12.2. The van der Waals surface area contributed by atoms with Crippen molar-refractivity contribution in [1.29, 1.82) is 0 Å². The molecule has 0 aliphatic rings. The van der Waals surface area contributed by atoms with E-state index in [0.717, 1.165) is 16.3 Å². The van der Waals surface area contributed by atoms with Gasteiger partial charge in [0.1, 0.15) is 17.5 Å². The third-order valence-electron chi connectivity index (χ3n) is 3.77. The predicted molar refractivity (Wildman–Crippen MR) is 94.4 cm³/mol. The number of nitrogens with zero attached hydrogens (tertiary/aromatic N) is 3. The van der Waals surface area contributed by atoms with Gasteiger partial charge in [0, 0.05) is 21.4 Å². The number of rotatable bonds is 3. The van der Waals surface area contributed by atoms with Crippen molar-refractivity contribution in [1.82, 2.24) is 15.4 Å². The fraction of sp³-hybridized carbons (Fsp3) is 0. The molecule has 0 radical (unpaired) electrons. The van der Waals surface area contributed by atoms with Crippen molar-refractivity contribution in [2.75, 3.05) is 5.32 Å². The van der Waals surface area contributed by atoms with E-state index < -0.39 is 0 Å². The van der Waals surface area contributed by atoms with Crippen LogP contribution in [0.4, 0.5) is 5.69 Å². The van der Waals surface area contributed by atoms with Crippen LogP contribution in [0.2, 0.25) is 5.02 Å². The number of hydrogen-bond acceptors (Lipinski definition) is 5. The van der Waals surface area contributed by atoms with Crippen molar-refractivity contribution in [3.63, 3.8) is 0 Å². The summed E-state index contributed by atoms with van der Waals surface area (Å²) in [5.74, 6) is -0.324. The summed E-state index contributed by atoms with van der Waals surface area (Å²) in [5.41, 5.74) is 2.17. The molecule has 0 atom stereocenters. The van der Waals surface area contributed by atoms with Gasteiger partial charge in [0.25, 0.3) is 5.91 Å². The molecule has 1 amide bonds. The Balaban J connectivity index is 1.68. The van der Waals surface area contributed by atoms with Crippen LogP contribution in [0.1, 0.15) is 10.4 Å². The summed E-state index contributed by atoms with van der Waals surface area (Å²) in [6.45, 7) is 0. The fourth-order valence-corrected chi connectivity index (χ4v) is 2.66. The molecule has 0 spiro atoms. The third-order valence-corrected chi connectivity index (χ3v) is 4.02. The van der Waals surface area contributed by atoms with Crippen molar-refractivity contribution in [3.05, 3.63) is 71.7 Å². The summed E-state index contributed by atoms with van der Waals surface area (Å²) in [4.78, 5) is 12.7. The maximum Gasteiger partial charge on any atom is 0.261 e. The number of nitrogens with one attached hydrogen (secondary N) is 1. The zero-order chi connectivity index (χ0) is 17.2. The molecule has 0 aliphatic carbocycles. The van der Waals surface area contributed by atoms with Gasteiger partial charge in [-0.15, -0.1) is 0 Å². The van der Waals surface area contributed by atoms with Crippen LogP contribution in [0.5, 0.6) is 0 Å². The summed E-state index contributed by atoms with van der Waals surface area (Å²) in [5, 5.41) is 16.8. The maximum absolute atomic E-state index is 12.7. The van der Waals surface area contributed by atoms with E-state index in [1.54, 1.807) is 42.7 Å². The molecule has 0 unspecified atom stereocenters. The number of carbonyl (C=O) groups excluding carboxylic acids is 1. The van der Waals surface area contributed by atoms with E-state index in [2.05, 4.69) is 20.7 Å². The second kappa shape index (κ2) is 6.33. The number of carbonyl (C=O) groups is 1. The van der Waals surface area contributed by atoms with Crippen molar-refractivity contribution in [3.8, 4) is 11.3 Å². The normalized spacial score (nSPS) is 10.8. The van der Waals surface area contributed by atoms with Gasteiger partial charge in [-0.1, -0.05) is 41.0 Å². The lowest BCUT2D eigenvalue weighted by atomic mass is 10.1. The van der Waals surface area contributed by atoms with E-state index in [0.29, 0.717) is 22.0 Å². The van der Waals surface area contributed by atoms with E-state index in [1.165, 1.54) is 6.26 Å². The number of anilines is 1. The highest BCUT2D eigenvalue weighted by molar-refractivity contribution is 6.30. The average molecular weight is 351 g/mol. The number of fused-ring (bicyclic) bond motifs is 1. The molecule has 0 saturated carbocycles. The first-order valence-electron chi connectivity index (χ1n) is 7.43. The Labute approximate surface area is 147 Å². The first-order valence-corrected chi connectivity index (χ1v) is 7.81. The fourth-order valence-electron chi connectivity index (χ4n) is 2.54. The molecule has 0 saturated heterocycles. The summed E-state index contributed by atoms with van der Waals surface area (Å²) >= 11 is 5.90. The molecule has 0 fully saturated rings. The summed E-state index contributed by atoms with van der Waals surface area (Å²) in [6, 6.07) is 12.6. The van der Waals surface area contributed by atoms with Gasteiger partial charge in [0.15, 0.2) is 0 Å². The zero-order valence-electron chi connectivity index (χ0n) is 12.8. The lowest BCUT2D eigenvalue weighted by Gasteiger charge is -2.08. The van der Waals surface area contributed by atoms with Gasteiger partial charge in [-0.05, 0) is 18.2 Å². The first kappa shape index (κ1) is 15.3. The molecule has 2 heterocycles. The second-order valence-electron chi connectivity index (χ2n) is 5.34. The summed E-state index contributed by atoms with van der Waals surface area (Å²) < 4.78 is 5.01. The quantitative estimate of drug-likeness (QED) is 0.599. The predicted octanol–water partition coefficient (Wildman–Crippen LogP) is 4.19. The molecule has 0 bridgehead atoms.